The summed E-state index contributed by atoms with van der Waals surface area (Å²) in [6, 6.07) is 0.142. The van der Waals surface area contributed by atoms with Crippen molar-refractivity contribution in [2.45, 2.75) is 31.8 Å². The molecule has 3 rings (SSSR count). The lowest BCUT2D eigenvalue weighted by molar-refractivity contribution is 0.0928. The lowest BCUT2D eigenvalue weighted by Gasteiger charge is -2.22. The first-order valence-electron chi connectivity index (χ1n) is 7.55. The molecule has 1 aliphatic rings. The Balaban J connectivity index is 1.63. The number of carbonyl (C=O) groups is 1. The van der Waals surface area contributed by atoms with E-state index in [1.54, 1.807) is 21.9 Å². The van der Waals surface area contributed by atoms with Gasteiger partial charge in [0.05, 0.1) is 18.3 Å². The molecule has 0 bridgehead atoms. The van der Waals surface area contributed by atoms with Crippen LogP contribution in [0.3, 0.4) is 0 Å². The molecule has 118 valence electrons. The molecule has 1 fully saturated rings. The third kappa shape index (κ3) is 3.16. The topological polar surface area (TPSA) is 89.7 Å². The summed E-state index contributed by atoms with van der Waals surface area (Å²) >= 11 is 0. The monoisotopic (exact) mass is 303 g/mol. The van der Waals surface area contributed by atoms with Crippen molar-refractivity contribution >= 4 is 5.91 Å². The Bertz CT molecular complexity index is 641. The first-order chi connectivity index (χ1) is 10.6. The number of aryl methyl sites for hydroxylation is 1. The maximum absolute atomic E-state index is 12.2. The summed E-state index contributed by atoms with van der Waals surface area (Å²) in [7, 11) is 1.85. The van der Waals surface area contributed by atoms with Gasteiger partial charge in [-0.25, -0.2) is 9.67 Å². The Morgan fingerprint density at radius 3 is 3.09 bits per heavy atom. The minimum Gasteiger partial charge on any atom is -0.343 e. The van der Waals surface area contributed by atoms with E-state index in [1.807, 2.05) is 20.2 Å². The van der Waals surface area contributed by atoms with Crippen LogP contribution in [0.15, 0.2) is 18.7 Å². The van der Waals surface area contributed by atoms with Crippen molar-refractivity contribution in [3.63, 3.8) is 0 Å². The largest absolute Gasteiger partial charge is 0.343 e. The highest BCUT2D eigenvalue weighted by molar-refractivity contribution is 5.90. The predicted molar refractivity (Wildman–Crippen MR) is 80.3 cm³/mol. The van der Waals surface area contributed by atoms with Crippen molar-refractivity contribution in [3.05, 3.63) is 30.1 Å². The summed E-state index contributed by atoms with van der Waals surface area (Å²) in [5, 5.41) is 14.6. The molecular weight excluding hydrogens is 282 g/mol. The van der Waals surface area contributed by atoms with E-state index in [0.717, 1.165) is 31.5 Å². The number of carbonyl (C=O) groups excluding carboxylic acids is 1. The second-order valence-corrected chi connectivity index (χ2v) is 5.69. The van der Waals surface area contributed by atoms with Gasteiger partial charge in [-0.15, -0.1) is 5.10 Å². The lowest BCUT2D eigenvalue weighted by Crippen LogP contribution is -2.32. The average Bonchev–Trinajstić information content (AvgIpc) is 3.17. The van der Waals surface area contributed by atoms with Crippen LogP contribution in [0.1, 0.15) is 48.0 Å². The predicted octanol–water partition coefficient (Wildman–Crippen LogP) is 0.427. The number of hydrogen-bond acceptors (Lipinski definition) is 5. The zero-order valence-electron chi connectivity index (χ0n) is 12.9. The highest BCUT2D eigenvalue weighted by Gasteiger charge is 2.20. The van der Waals surface area contributed by atoms with E-state index in [9.17, 15) is 4.79 Å². The minimum atomic E-state index is -0.265. The summed E-state index contributed by atoms with van der Waals surface area (Å²) in [6.45, 7) is 3.83. The van der Waals surface area contributed by atoms with E-state index in [2.05, 4.69) is 25.8 Å². The van der Waals surface area contributed by atoms with Gasteiger partial charge in [-0.1, -0.05) is 0 Å². The molecule has 2 N–H and O–H groups in total. The van der Waals surface area contributed by atoms with Crippen molar-refractivity contribution in [1.82, 2.24) is 35.2 Å². The highest BCUT2D eigenvalue weighted by Crippen LogP contribution is 2.15. The zero-order chi connectivity index (χ0) is 15.5. The molecule has 8 heteroatoms. The highest BCUT2D eigenvalue weighted by atomic mass is 16.2. The Morgan fingerprint density at radius 2 is 2.41 bits per heavy atom. The third-order valence-corrected chi connectivity index (χ3v) is 3.93. The summed E-state index contributed by atoms with van der Waals surface area (Å²) in [5.41, 5.74) is 0.951. The fourth-order valence-corrected chi connectivity index (χ4v) is 2.62. The van der Waals surface area contributed by atoms with Gasteiger partial charge in [0.1, 0.15) is 6.33 Å². The van der Waals surface area contributed by atoms with E-state index in [0.29, 0.717) is 0 Å². The second kappa shape index (κ2) is 6.27. The van der Waals surface area contributed by atoms with Crippen LogP contribution >= 0.6 is 0 Å². The number of hydrogen-bond donors (Lipinski definition) is 2. The van der Waals surface area contributed by atoms with Gasteiger partial charge in [0.2, 0.25) is 5.82 Å². The molecule has 1 aliphatic heterocycles. The van der Waals surface area contributed by atoms with Gasteiger partial charge in [0, 0.05) is 25.4 Å². The van der Waals surface area contributed by atoms with Crippen molar-refractivity contribution in [2.75, 3.05) is 13.1 Å². The van der Waals surface area contributed by atoms with Gasteiger partial charge in [-0.05, 0) is 26.3 Å². The third-order valence-electron chi connectivity index (χ3n) is 3.93. The zero-order valence-corrected chi connectivity index (χ0v) is 12.9. The quantitative estimate of drug-likeness (QED) is 0.855. The van der Waals surface area contributed by atoms with E-state index in [1.165, 1.54) is 0 Å². The average molecular weight is 303 g/mol. The first kappa shape index (κ1) is 14.7. The molecule has 0 saturated carbocycles. The molecule has 0 aromatic carbocycles. The van der Waals surface area contributed by atoms with Gasteiger partial charge in [-0.2, -0.15) is 5.10 Å². The summed E-state index contributed by atoms with van der Waals surface area (Å²) in [4.78, 5) is 16.4. The molecule has 2 aromatic heterocycles. The van der Waals surface area contributed by atoms with Crippen LogP contribution in [0.4, 0.5) is 0 Å². The van der Waals surface area contributed by atoms with Crippen LogP contribution in [0, 0.1) is 0 Å². The smallest absolute Gasteiger partial charge is 0.291 e. The van der Waals surface area contributed by atoms with Gasteiger partial charge in [0.15, 0.2) is 0 Å². The van der Waals surface area contributed by atoms with Crippen molar-refractivity contribution in [3.8, 4) is 0 Å². The van der Waals surface area contributed by atoms with Gasteiger partial charge < -0.3 is 10.6 Å². The maximum Gasteiger partial charge on any atom is 0.291 e. The van der Waals surface area contributed by atoms with Crippen LogP contribution in [-0.4, -0.2) is 43.5 Å². The molecule has 2 atom stereocenters. The van der Waals surface area contributed by atoms with Gasteiger partial charge >= 0.3 is 0 Å². The maximum atomic E-state index is 12.2. The fourth-order valence-electron chi connectivity index (χ4n) is 2.62. The summed E-state index contributed by atoms with van der Waals surface area (Å²) in [5.74, 6) is -0.0554. The standard InChI is InChI=1S/C14H21N7O/c1-10(11-6-17-20(2)8-11)18-14(22)13-16-9-21(19-13)12-4-3-5-15-7-12/h6,8-10,12,15H,3-5,7H2,1-2H3,(H,18,22)/t10-,12+/m0/s1. The van der Waals surface area contributed by atoms with Crippen LogP contribution in [0.2, 0.25) is 0 Å². The lowest BCUT2D eigenvalue weighted by atomic mass is 10.1. The molecule has 0 radical (unpaired) electrons. The molecule has 0 spiro atoms. The van der Waals surface area contributed by atoms with E-state index in [4.69, 9.17) is 0 Å². The van der Waals surface area contributed by atoms with Gasteiger partial charge in [0.25, 0.3) is 5.91 Å². The second-order valence-electron chi connectivity index (χ2n) is 5.69. The Hall–Kier alpha value is -2.22. The van der Waals surface area contributed by atoms with Crippen molar-refractivity contribution in [2.24, 2.45) is 7.05 Å². The number of piperidine rings is 1. The molecule has 1 saturated heterocycles. The summed E-state index contributed by atoms with van der Waals surface area (Å²) in [6.07, 6.45) is 7.43. The Labute approximate surface area is 128 Å². The Morgan fingerprint density at radius 1 is 1.55 bits per heavy atom. The number of rotatable bonds is 4. The van der Waals surface area contributed by atoms with E-state index in [-0.39, 0.29) is 23.8 Å². The van der Waals surface area contributed by atoms with Gasteiger partial charge in [-0.3, -0.25) is 9.48 Å². The number of nitrogens with zero attached hydrogens (tertiary/aromatic N) is 5. The van der Waals surface area contributed by atoms with Crippen LogP contribution in [0.5, 0.6) is 0 Å². The molecular formula is C14H21N7O. The van der Waals surface area contributed by atoms with Crippen LogP contribution in [-0.2, 0) is 7.05 Å². The number of nitrogens with one attached hydrogen (secondary N) is 2. The number of aromatic nitrogens is 5. The SMILES string of the molecule is C[C@H](NC(=O)c1ncn([C@@H]2CCCNC2)n1)c1cnn(C)c1. The molecule has 2 aromatic rings. The molecule has 0 unspecified atom stereocenters. The van der Waals surface area contributed by atoms with E-state index >= 15 is 0 Å². The van der Waals surface area contributed by atoms with Crippen molar-refractivity contribution in [1.29, 1.82) is 0 Å². The van der Waals surface area contributed by atoms with E-state index < -0.39 is 0 Å². The fraction of sp³-hybridized carbons (Fsp3) is 0.571. The Kier molecular flexibility index (Phi) is 4.19. The van der Waals surface area contributed by atoms with Crippen LogP contribution in [0.25, 0.3) is 0 Å². The van der Waals surface area contributed by atoms with Crippen LogP contribution < -0.4 is 10.6 Å². The normalized spacial score (nSPS) is 19.8. The molecule has 0 aliphatic carbocycles. The summed E-state index contributed by atoms with van der Waals surface area (Å²) < 4.78 is 3.50. The minimum absolute atomic E-state index is 0.135. The molecule has 22 heavy (non-hydrogen) atoms. The molecule has 8 nitrogen and oxygen atoms in total. The number of amides is 1. The first-order valence-corrected chi connectivity index (χ1v) is 7.55. The molecule has 3 heterocycles. The molecule has 1 amide bonds. The van der Waals surface area contributed by atoms with Crippen molar-refractivity contribution < 1.29 is 4.79 Å².